The van der Waals surface area contributed by atoms with Gasteiger partial charge in [-0.3, -0.25) is 4.98 Å². The molecule has 0 atom stereocenters. The van der Waals surface area contributed by atoms with Crippen molar-refractivity contribution < 1.29 is 8.81 Å². The van der Waals surface area contributed by atoms with Gasteiger partial charge in [-0.2, -0.15) is 0 Å². The number of pyridine rings is 1. The van der Waals surface area contributed by atoms with Crippen molar-refractivity contribution in [1.29, 1.82) is 0 Å². The lowest BCUT2D eigenvalue weighted by Gasteiger charge is -1.94. The van der Waals surface area contributed by atoms with Crippen LogP contribution in [0, 0.1) is 5.82 Å². The summed E-state index contributed by atoms with van der Waals surface area (Å²) in [7, 11) is 0. The molecule has 0 aliphatic heterocycles. The lowest BCUT2D eigenvalue weighted by Crippen LogP contribution is -1.95. The van der Waals surface area contributed by atoms with E-state index in [2.05, 4.69) is 15.2 Å². The molecule has 2 aromatic rings. The van der Waals surface area contributed by atoms with Crippen molar-refractivity contribution in [3.63, 3.8) is 0 Å². The molecular formula is C8H7FN4O. The smallest absolute Gasteiger partial charge is 0.250 e. The molecule has 0 bridgehead atoms. The van der Waals surface area contributed by atoms with Gasteiger partial charge in [-0.25, -0.2) is 4.39 Å². The number of nitrogens with two attached hydrogens (primary N) is 1. The van der Waals surface area contributed by atoms with Crippen molar-refractivity contribution in [2.45, 2.75) is 6.54 Å². The molecule has 2 aromatic heterocycles. The molecule has 2 heterocycles. The highest BCUT2D eigenvalue weighted by Gasteiger charge is 2.11. The Morgan fingerprint density at radius 3 is 2.93 bits per heavy atom. The van der Waals surface area contributed by atoms with Crippen LogP contribution in [0.3, 0.4) is 0 Å². The van der Waals surface area contributed by atoms with Crippen LogP contribution in [0.2, 0.25) is 0 Å². The fraction of sp³-hybridized carbons (Fsp3) is 0.125. The summed E-state index contributed by atoms with van der Waals surface area (Å²) in [4.78, 5) is 3.61. The summed E-state index contributed by atoms with van der Waals surface area (Å²) in [5.41, 5.74) is 5.51. The van der Waals surface area contributed by atoms with Gasteiger partial charge in [0.05, 0.1) is 18.3 Å². The van der Waals surface area contributed by atoms with Crippen LogP contribution in [0.1, 0.15) is 5.89 Å². The third-order valence-electron chi connectivity index (χ3n) is 1.64. The highest BCUT2D eigenvalue weighted by atomic mass is 19.1. The van der Waals surface area contributed by atoms with Crippen LogP contribution in [-0.4, -0.2) is 15.2 Å². The Labute approximate surface area is 78.8 Å². The molecule has 0 saturated carbocycles. The van der Waals surface area contributed by atoms with Gasteiger partial charge in [-0.15, -0.1) is 10.2 Å². The van der Waals surface area contributed by atoms with Gasteiger partial charge in [0.25, 0.3) is 5.89 Å². The normalized spacial score (nSPS) is 10.4. The Bertz CT molecular complexity index is 442. The van der Waals surface area contributed by atoms with E-state index in [4.69, 9.17) is 10.2 Å². The molecule has 2 rings (SSSR count). The van der Waals surface area contributed by atoms with E-state index in [-0.39, 0.29) is 23.9 Å². The molecule has 2 N–H and O–H groups in total. The number of rotatable bonds is 2. The summed E-state index contributed by atoms with van der Waals surface area (Å²) in [6, 6.07) is 1.46. The van der Waals surface area contributed by atoms with Crippen LogP contribution in [0.4, 0.5) is 4.39 Å². The van der Waals surface area contributed by atoms with E-state index in [0.717, 1.165) is 6.20 Å². The van der Waals surface area contributed by atoms with Gasteiger partial charge in [0.2, 0.25) is 5.89 Å². The Balaban J connectivity index is 2.44. The Morgan fingerprint density at radius 1 is 1.43 bits per heavy atom. The zero-order chi connectivity index (χ0) is 9.97. The summed E-state index contributed by atoms with van der Waals surface area (Å²) in [6.07, 6.45) is 2.53. The quantitative estimate of drug-likeness (QED) is 0.762. The maximum absolute atomic E-state index is 13.2. The van der Waals surface area contributed by atoms with Crippen molar-refractivity contribution >= 4 is 0 Å². The summed E-state index contributed by atoms with van der Waals surface area (Å²) in [6.45, 7) is 0.139. The van der Waals surface area contributed by atoms with Crippen LogP contribution in [0.15, 0.2) is 22.9 Å². The molecule has 0 saturated heterocycles. The van der Waals surface area contributed by atoms with Gasteiger partial charge in [-0.1, -0.05) is 0 Å². The SMILES string of the molecule is NCc1nnc(-c2ccncc2F)o1. The van der Waals surface area contributed by atoms with Gasteiger partial charge in [-0.05, 0) is 6.07 Å². The molecule has 0 spiro atoms. The minimum Gasteiger partial charge on any atom is -0.419 e. The van der Waals surface area contributed by atoms with Gasteiger partial charge >= 0.3 is 0 Å². The van der Waals surface area contributed by atoms with Crippen molar-refractivity contribution in [3.05, 3.63) is 30.2 Å². The molecule has 72 valence electrons. The Kier molecular flexibility index (Phi) is 2.19. The van der Waals surface area contributed by atoms with Crippen LogP contribution in [-0.2, 0) is 6.54 Å². The predicted molar refractivity (Wildman–Crippen MR) is 45.4 cm³/mol. The molecule has 5 nitrogen and oxygen atoms in total. The largest absolute Gasteiger partial charge is 0.419 e. The first-order valence-corrected chi connectivity index (χ1v) is 3.93. The van der Waals surface area contributed by atoms with E-state index >= 15 is 0 Å². The summed E-state index contributed by atoms with van der Waals surface area (Å²) in [5, 5.41) is 7.28. The molecule has 0 fully saturated rings. The molecule has 0 aliphatic carbocycles. The Hall–Kier alpha value is -1.82. The van der Waals surface area contributed by atoms with Gasteiger partial charge in [0.15, 0.2) is 5.82 Å². The zero-order valence-electron chi connectivity index (χ0n) is 7.14. The van der Waals surface area contributed by atoms with E-state index < -0.39 is 5.82 Å². The molecule has 6 heteroatoms. The van der Waals surface area contributed by atoms with Crippen molar-refractivity contribution in [2.75, 3.05) is 0 Å². The monoisotopic (exact) mass is 194 g/mol. The fourth-order valence-electron chi connectivity index (χ4n) is 0.994. The molecule has 14 heavy (non-hydrogen) atoms. The van der Waals surface area contributed by atoms with Gasteiger partial charge in [0.1, 0.15) is 0 Å². The second-order valence-corrected chi connectivity index (χ2v) is 2.56. The first-order valence-electron chi connectivity index (χ1n) is 3.93. The first kappa shape index (κ1) is 8.76. The third-order valence-corrected chi connectivity index (χ3v) is 1.64. The van der Waals surface area contributed by atoms with Crippen molar-refractivity contribution in [2.24, 2.45) is 5.73 Å². The summed E-state index contributed by atoms with van der Waals surface area (Å²) < 4.78 is 18.3. The van der Waals surface area contributed by atoms with E-state index in [1.54, 1.807) is 0 Å². The standard InChI is InChI=1S/C8H7FN4O/c9-6-4-11-2-1-5(6)8-13-12-7(3-10)14-8/h1-2,4H,3,10H2. The van der Waals surface area contributed by atoms with E-state index in [9.17, 15) is 4.39 Å². The second-order valence-electron chi connectivity index (χ2n) is 2.56. The maximum atomic E-state index is 13.2. The molecular weight excluding hydrogens is 187 g/mol. The lowest BCUT2D eigenvalue weighted by molar-refractivity contribution is 0.504. The highest BCUT2D eigenvalue weighted by Crippen LogP contribution is 2.19. The average Bonchev–Trinajstić information content (AvgIpc) is 2.67. The Morgan fingerprint density at radius 2 is 2.29 bits per heavy atom. The fourth-order valence-corrected chi connectivity index (χ4v) is 0.994. The summed E-state index contributed by atoms with van der Waals surface area (Å²) >= 11 is 0. The number of hydrogen-bond donors (Lipinski definition) is 1. The average molecular weight is 194 g/mol. The van der Waals surface area contributed by atoms with E-state index in [0.29, 0.717) is 0 Å². The molecule has 0 aliphatic rings. The molecule has 0 radical (unpaired) electrons. The summed E-state index contributed by atoms with van der Waals surface area (Å²) in [5.74, 6) is -0.110. The zero-order valence-corrected chi connectivity index (χ0v) is 7.14. The topological polar surface area (TPSA) is 77.8 Å². The second kappa shape index (κ2) is 3.51. The molecule has 0 unspecified atom stereocenters. The highest BCUT2D eigenvalue weighted by molar-refractivity contribution is 5.51. The number of halogens is 1. The predicted octanol–water partition coefficient (Wildman–Crippen LogP) is 0.729. The number of aromatic nitrogens is 3. The van der Waals surface area contributed by atoms with Crippen molar-refractivity contribution in [3.8, 4) is 11.5 Å². The third kappa shape index (κ3) is 1.47. The number of hydrogen-bond acceptors (Lipinski definition) is 5. The van der Waals surface area contributed by atoms with Gasteiger partial charge < -0.3 is 10.2 Å². The first-order chi connectivity index (χ1) is 6.81. The van der Waals surface area contributed by atoms with E-state index in [1.807, 2.05) is 0 Å². The van der Waals surface area contributed by atoms with Crippen LogP contribution in [0.5, 0.6) is 0 Å². The minimum absolute atomic E-state index is 0.116. The maximum Gasteiger partial charge on any atom is 0.250 e. The number of nitrogens with zero attached hydrogens (tertiary/aromatic N) is 3. The van der Waals surface area contributed by atoms with Gasteiger partial charge in [0, 0.05) is 6.20 Å². The van der Waals surface area contributed by atoms with Crippen LogP contribution in [0.25, 0.3) is 11.5 Å². The molecule has 0 amide bonds. The lowest BCUT2D eigenvalue weighted by atomic mass is 10.2. The van der Waals surface area contributed by atoms with Crippen LogP contribution < -0.4 is 5.73 Å². The minimum atomic E-state index is -0.500. The van der Waals surface area contributed by atoms with Crippen LogP contribution >= 0.6 is 0 Å². The van der Waals surface area contributed by atoms with E-state index in [1.165, 1.54) is 12.3 Å². The molecule has 0 aromatic carbocycles. The van der Waals surface area contributed by atoms with Crippen molar-refractivity contribution in [1.82, 2.24) is 15.2 Å².